The van der Waals surface area contributed by atoms with E-state index in [1.54, 1.807) is 0 Å². The van der Waals surface area contributed by atoms with Crippen molar-refractivity contribution in [3.63, 3.8) is 0 Å². The summed E-state index contributed by atoms with van der Waals surface area (Å²) in [5, 5.41) is 21.5. The van der Waals surface area contributed by atoms with Crippen LogP contribution in [0.5, 0.6) is 0 Å². The van der Waals surface area contributed by atoms with Crippen molar-refractivity contribution >= 4 is 16.8 Å². The topological polar surface area (TPSA) is 57.5 Å². The molecule has 216 valence electrons. The molecule has 6 rings (SSSR count). The fourth-order valence-electron chi connectivity index (χ4n) is 11.1. The summed E-state index contributed by atoms with van der Waals surface area (Å²) < 4.78 is 0. The van der Waals surface area contributed by atoms with Gasteiger partial charge in [-0.15, -0.1) is 0 Å². The summed E-state index contributed by atoms with van der Waals surface area (Å²) in [6.45, 7) is 9.79. The normalized spacial score (nSPS) is 46.5. The van der Waals surface area contributed by atoms with Crippen molar-refractivity contribution in [2.45, 2.75) is 122 Å². The third-order valence-electron chi connectivity index (χ3n) is 13.5. The number of benzene rings is 1. The zero-order chi connectivity index (χ0) is 27.7. The summed E-state index contributed by atoms with van der Waals surface area (Å²) in [5.74, 6) is 5.51. The van der Waals surface area contributed by atoms with E-state index in [1.807, 2.05) is 24.3 Å². The van der Waals surface area contributed by atoms with Crippen molar-refractivity contribution < 1.29 is 15.0 Å². The van der Waals surface area contributed by atoms with Crippen LogP contribution >= 0.6 is 11.6 Å². The lowest BCUT2D eigenvalue weighted by Crippen LogP contribution is -2.55. The van der Waals surface area contributed by atoms with Crippen molar-refractivity contribution in [1.29, 1.82) is 0 Å². The summed E-state index contributed by atoms with van der Waals surface area (Å²) in [4.78, 5) is 11.4. The van der Waals surface area contributed by atoms with Crippen LogP contribution in [0.3, 0.4) is 0 Å². The molecule has 5 saturated carbocycles. The first kappa shape index (κ1) is 28.2. The Morgan fingerprint density at radius 2 is 1.67 bits per heavy atom. The van der Waals surface area contributed by atoms with Gasteiger partial charge < -0.3 is 10.2 Å². The van der Waals surface area contributed by atoms with Crippen molar-refractivity contribution in [3.8, 4) is 0 Å². The lowest BCUT2D eigenvalue weighted by Gasteiger charge is -2.62. The van der Waals surface area contributed by atoms with Crippen molar-refractivity contribution in [1.82, 2.24) is 0 Å². The summed E-state index contributed by atoms with van der Waals surface area (Å²) in [6.07, 6.45) is 14.3. The van der Waals surface area contributed by atoms with E-state index in [-0.39, 0.29) is 6.10 Å². The predicted molar refractivity (Wildman–Crippen MR) is 158 cm³/mol. The zero-order valence-corrected chi connectivity index (χ0v) is 25.4. The fourth-order valence-corrected chi connectivity index (χ4v) is 11.3. The first-order chi connectivity index (χ1) is 18.4. The second-order valence-electron chi connectivity index (χ2n) is 15.6. The Morgan fingerprint density at radius 1 is 0.949 bits per heavy atom. The van der Waals surface area contributed by atoms with Gasteiger partial charge in [0.25, 0.3) is 5.24 Å². The Kier molecular flexibility index (Phi) is 7.33. The van der Waals surface area contributed by atoms with Crippen LogP contribution in [-0.2, 0) is 0 Å². The van der Waals surface area contributed by atoms with Crippen molar-refractivity contribution in [2.75, 3.05) is 0 Å². The molecule has 12 atom stereocenters. The van der Waals surface area contributed by atoms with E-state index in [4.69, 9.17) is 11.6 Å². The van der Waals surface area contributed by atoms with Gasteiger partial charge in [-0.1, -0.05) is 32.9 Å². The maximum absolute atomic E-state index is 11.4. The minimum absolute atomic E-state index is 0.230. The van der Waals surface area contributed by atoms with Crippen molar-refractivity contribution in [3.05, 3.63) is 35.4 Å². The predicted octanol–water partition coefficient (Wildman–Crippen LogP) is 8.36. The van der Waals surface area contributed by atoms with Crippen LogP contribution < -0.4 is 0 Å². The number of carbonyl (C=O) groups is 1. The Balaban J connectivity index is 1.05. The highest BCUT2D eigenvalue weighted by molar-refractivity contribution is 6.67. The highest BCUT2D eigenvalue weighted by Crippen LogP contribution is 2.69. The van der Waals surface area contributed by atoms with Crippen LogP contribution in [0.2, 0.25) is 0 Å². The van der Waals surface area contributed by atoms with Crippen LogP contribution in [0.25, 0.3) is 0 Å². The molecule has 0 aliphatic heterocycles. The minimum Gasteiger partial charge on any atom is -0.393 e. The standard InChI is InChI=1S/C35H51ClO3/c1-21(5-14-31(37)27-19-26(27)22-6-8-23(9-7-22)32(36)38)28-12-13-29-25-11-10-24-20-33(2,39)17-18-34(24,3)30(25)15-16-35(28,29)4/h6-9,21,24-31,37,39H,5,10-20H2,1-4H3/t21-,24+,25+,26?,27?,28-,29+,30+,31?,33+,34+,35-/m1/s1. The highest BCUT2D eigenvalue weighted by atomic mass is 35.5. The van der Waals surface area contributed by atoms with Crippen LogP contribution in [0.4, 0.5) is 0 Å². The molecule has 5 aliphatic carbocycles. The first-order valence-corrected chi connectivity index (χ1v) is 16.5. The number of rotatable bonds is 7. The highest BCUT2D eigenvalue weighted by Gasteiger charge is 2.61. The second kappa shape index (κ2) is 10.1. The average Bonchev–Trinajstić information content (AvgIpc) is 3.62. The van der Waals surface area contributed by atoms with Gasteiger partial charge in [0.1, 0.15) is 0 Å². The van der Waals surface area contributed by atoms with E-state index in [0.717, 1.165) is 55.8 Å². The zero-order valence-electron chi connectivity index (χ0n) is 24.7. The number of aliphatic hydroxyl groups excluding tert-OH is 1. The molecule has 0 heterocycles. The monoisotopic (exact) mass is 554 g/mol. The van der Waals surface area contributed by atoms with Gasteiger partial charge in [-0.2, -0.15) is 0 Å². The molecule has 3 nitrogen and oxygen atoms in total. The molecule has 0 amide bonds. The fraction of sp³-hybridized carbons (Fsp3) is 0.800. The number of aliphatic hydroxyl groups is 2. The van der Waals surface area contributed by atoms with Crippen LogP contribution in [0.1, 0.15) is 127 Å². The third kappa shape index (κ3) is 4.95. The van der Waals surface area contributed by atoms with E-state index in [9.17, 15) is 15.0 Å². The van der Waals surface area contributed by atoms with Gasteiger partial charge in [-0.3, -0.25) is 4.79 Å². The molecule has 2 N–H and O–H groups in total. The van der Waals surface area contributed by atoms with E-state index >= 15 is 0 Å². The summed E-state index contributed by atoms with van der Waals surface area (Å²) >= 11 is 5.60. The molecular weight excluding hydrogens is 504 g/mol. The smallest absolute Gasteiger partial charge is 0.252 e. The van der Waals surface area contributed by atoms with E-state index in [0.29, 0.717) is 40.1 Å². The van der Waals surface area contributed by atoms with Crippen LogP contribution in [0, 0.1) is 52.3 Å². The molecule has 0 spiro atoms. The van der Waals surface area contributed by atoms with Gasteiger partial charge in [0.15, 0.2) is 0 Å². The summed E-state index contributed by atoms with van der Waals surface area (Å²) in [5.41, 5.74) is 2.20. The van der Waals surface area contributed by atoms with Crippen LogP contribution in [-0.4, -0.2) is 27.2 Å². The Morgan fingerprint density at radius 3 is 2.38 bits per heavy atom. The lowest BCUT2D eigenvalue weighted by atomic mass is 9.43. The third-order valence-corrected chi connectivity index (χ3v) is 13.7. The van der Waals surface area contributed by atoms with Crippen molar-refractivity contribution in [2.24, 2.45) is 52.3 Å². The number of halogens is 1. The maximum atomic E-state index is 11.4. The molecule has 4 heteroatoms. The van der Waals surface area contributed by atoms with E-state index in [2.05, 4.69) is 27.7 Å². The largest absolute Gasteiger partial charge is 0.393 e. The molecule has 3 unspecified atom stereocenters. The molecule has 39 heavy (non-hydrogen) atoms. The molecule has 0 aromatic heterocycles. The SMILES string of the molecule is C[C@H](CCC(O)C1CC1c1ccc(C(=O)Cl)cc1)[C@H]1CC[C@H]2[C@@H]3CC[C@H]4C[C@@](C)(O)CC[C@]4(C)[C@H]3CC[C@]12C. The molecule has 1 aromatic rings. The molecule has 0 bridgehead atoms. The number of hydrogen-bond acceptors (Lipinski definition) is 3. The number of hydrogen-bond donors (Lipinski definition) is 2. The van der Waals surface area contributed by atoms with E-state index in [1.165, 1.54) is 50.5 Å². The molecule has 5 fully saturated rings. The number of carbonyl (C=O) groups excluding carboxylic acids is 1. The number of fused-ring (bicyclic) bond motifs is 5. The molecular formula is C35H51ClO3. The average molecular weight is 555 g/mol. The van der Waals surface area contributed by atoms with Gasteiger partial charge in [-0.05, 0) is 171 Å². The molecule has 0 saturated heterocycles. The maximum Gasteiger partial charge on any atom is 0.252 e. The Labute approximate surface area is 241 Å². The van der Waals surface area contributed by atoms with Gasteiger partial charge in [0, 0.05) is 5.56 Å². The first-order valence-electron chi connectivity index (χ1n) is 16.1. The summed E-state index contributed by atoms with van der Waals surface area (Å²) in [7, 11) is 0. The van der Waals surface area contributed by atoms with Crippen LogP contribution in [0.15, 0.2) is 24.3 Å². The van der Waals surface area contributed by atoms with Gasteiger partial charge in [-0.25, -0.2) is 0 Å². The molecule has 1 aromatic carbocycles. The molecule has 5 aliphatic rings. The quantitative estimate of drug-likeness (QED) is 0.333. The molecule has 0 radical (unpaired) electrons. The van der Waals surface area contributed by atoms with Gasteiger partial charge >= 0.3 is 0 Å². The second-order valence-corrected chi connectivity index (χ2v) is 16.0. The lowest BCUT2D eigenvalue weighted by molar-refractivity contribution is -0.148. The summed E-state index contributed by atoms with van der Waals surface area (Å²) in [6, 6.07) is 7.64. The van der Waals surface area contributed by atoms with E-state index < -0.39 is 10.8 Å². The van der Waals surface area contributed by atoms with Gasteiger partial charge in [0.2, 0.25) is 0 Å². The Bertz CT molecular complexity index is 1070. The minimum atomic E-state index is -0.450. The van der Waals surface area contributed by atoms with Gasteiger partial charge in [0.05, 0.1) is 11.7 Å². The Hall–Kier alpha value is -0.900.